The van der Waals surface area contributed by atoms with E-state index in [1.807, 2.05) is 0 Å². The quantitative estimate of drug-likeness (QED) is 0.485. The Morgan fingerprint density at radius 3 is 2.54 bits per heavy atom. The number of hydrogen-bond acceptors (Lipinski definition) is 5. The lowest BCUT2D eigenvalue weighted by Gasteiger charge is -2.13. The topological polar surface area (TPSA) is 94.5 Å². The van der Waals surface area contributed by atoms with Gasteiger partial charge in [-0.15, -0.1) is 0 Å². The summed E-state index contributed by atoms with van der Waals surface area (Å²) in [6.07, 6.45) is -5.01. The second-order valence-electron chi connectivity index (χ2n) is 7.77. The third kappa shape index (κ3) is 4.63. The van der Waals surface area contributed by atoms with E-state index in [4.69, 9.17) is 21.1 Å². The lowest BCUT2D eigenvalue weighted by molar-refractivity contribution is -0.137. The van der Waals surface area contributed by atoms with E-state index in [-0.39, 0.29) is 12.1 Å². The highest BCUT2D eigenvalue weighted by molar-refractivity contribution is 6.31. The molecule has 35 heavy (non-hydrogen) atoms. The summed E-state index contributed by atoms with van der Waals surface area (Å²) in [5, 5.41) is 9.09. The Morgan fingerprint density at radius 2 is 1.89 bits per heavy atom. The third-order valence-electron chi connectivity index (χ3n) is 5.53. The molecule has 0 fully saturated rings. The van der Waals surface area contributed by atoms with E-state index in [0.717, 1.165) is 12.1 Å². The van der Waals surface area contributed by atoms with Crippen LogP contribution in [-0.4, -0.2) is 35.8 Å². The molecule has 0 radical (unpaired) electrons. The zero-order chi connectivity index (χ0) is 25.5. The van der Waals surface area contributed by atoms with Crippen molar-refractivity contribution in [1.29, 1.82) is 0 Å². The number of benzene rings is 2. The van der Waals surface area contributed by atoms with E-state index in [2.05, 4.69) is 15.7 Å². The first-order valence-corrected chi connectivity index (χ1v) is 10.7. The molecule has 2 amide bonds. The highest BCUT2D eigenvalue weighted by Crippen LogP contribution is 2.41. The zero-order valence-corrected chi connectivity index (χ0v) is 19.5. The van der Waals surface area contributed by atoms with Crippen LogP contribution in [0.5, 0.6) is 11.5 Å². The van der Waals surface area contributed by atoms with Crippen molar-refractivity contribution in [3.05, 3.63) is 52.7 Å². The highest BCUT2D eigenvalue weighted by Gasteiger charge is 2.37. The highest BCUT2D eigenvalue weighted by atomic mass is 35.5. The zero-order valence-electron chi connectivity index (χ0n) is 18.8. The first-order chi connectivity index (χ1) is 16.5. The normalized spacial score (nSPS) is 14.9. The minimum atomic E-state index is -4.68. The number of methoxy groups -OCH3 is 2. The van der Waals surface area contributed by atoms with E-state index < -0.39 is 34.6 Å². The van der Waals surface area contributed by atoms with Crippen LogP contribution in [0.25, 0.3) is 11.1 Å². The molecule has 0 aliphatic carbocycles. The van der Waals surface area contributed by atoms with Crippen molar-refractivity contribution in [3.8, 4) is 22.6 Å². The van der Waals surface area contributed by atoms with Crippen molar-refractivity contribution >= 4 is 34.9 Å². The minimum Gasteiger partial charge on any atom is -0.493 e. The number of rotatable bonds is 6. The molecular weight excluding hydrogens is 489 g/mol. The van der Waals surface area contributed by atoms with Gasteiger partial charge in [0.05, 0.1) is 36.9 Å². The SMILES string of the molecule is COc1ccc(-c2c(C)nn3c2NC(=O)C3CC(=O)Nc2ccc(Cl)c(C(F)(F)F)c2)cc1OC. The molecule has 0 spiro atoms. The summed E-state index contributed by atoms with van der Waals surface area (Å²) in [6, 6.07) is 7.32. The summed E-state index contributed by atoms with van der Waals surface area (Å²) in [6.45, 7) is 1.76. The van der Waals surface area contributed by atoms with Crippen LogP contribution in [0.3, 0.4) is 0 Å². The predicted molar refractivity (Wildman–Crippen MR) is 123 cm³/mol. The Hall–Kier alpha value is -3.73. The van der Waals surface area contributed by atoms with Crippen LogP contribution in [-0.2, 0) is 15.8 Å². The van der Waals surface area contributed by atoms with Crippen LogP contribution >= 0.6 is 11.6 Å². The van der Waals surface area contributed by atoms with Gasteiger partial charge in [-0.25, -0.2) is 4.68 Å². The maximum atomic E-state index is 13.1. The molecule has 4 rings (SSSR count). The lowest BCUT2D eigenvalue weighted by atomic mass is 10.1. The summed E-state index contributed by atoms with van der Waals surface area (Å²) >= 11 is 5.62. The summed E-state index contributed by atoms with van der Waals surface area (Å²) in [4.78, 5) is 25.3. The molecule has 0 bridgehead atoms. The standard InChI is InChI=1S/C23H20ClF3N4O4/c1-11-20(12-4-7-17(34-2)18(8-12)35-3)21-29-22(33)16(31(21)30-11)10-19(32)28-13-5-6-15(24)14(9-13)23(25,26)27/h4-9,16H,10H2,1-3H3,(H,28,32)(H,29,33). The molecule has 8 nitrogen and oxygen atoms in total. The number of aryl methyl sites for hydroxylation is 1. The lowest BCUT2D eigenvalue weighted by Crippen LogP contribution is -2.24. The van der Waals surface area contributed by atoms with E-state index in [0.29, 0.717) is 34.1 Å². The number of nitrogens with zero attached hydrogens (tertiary/aromatic N) is 2. The molecule has 2 N–H and O–H groups in total. The van der Waals surface area contributed by atoms with Gasteiger partial charge in [0.25, 0.3) is 5.91 Å². The molecule has 2 aromatic carbocycles. The largest absolute Gasteiger partial charge is 0.493 e. The Labute approximate surface area is 203 Å². The smallest absolute Gasteiger partial charge is 0.417 e. The second-order valence-corrected chi connectivity index (χ2v) is 8.18. The van der Waals surface area contributed by atoms with Gasteiger partial charge in [-0.2, -0.15) is 18.3 Å². The van der Waals surface area contributed by atoms with Crippen molar-refractivity contribution < 1.29 is 32.2 Å². The molecule has 1 aliphatic heterocycles. The van der Waals surface area contributed by atoms with E-state index in [1.165, 1.54) is 25.0 Å². The first kappa shape index (κ1) is 24.4. The van der Waals surface area contributed by atoms with Gasteiger partial charge in [-0.1, -0.05) is 17.7 Å². The number of nitrogens with one attached hydrogen (secondary N) is 2. The van der Waals surface area contributed by atoms with E-state index in [1.54, 1.807) is 25.1 Å². The van der Waals surface area contributed by atoms with Crippen molar-refractivity contribution in [2.24, 2.45) is 0 Å². The average Bonchev–Trinajstić information content (AvgIpc) is 3.27. The van der Waals surface area contributed by atoms with Gasteiger partial charge in [0, 0.05) is 11.3 Å². The van der Waals surface area contributed by atoms with Crippen LogP contribution in [0.4, 0.5) is 24.7 Å². The second kappa shape index (κ2) is 9.14. The van der Waals surface area contributed by atoms with Crippen molar-refractivity contribution in [1.82, 2.24) is 9.78 Å². The molecule has 2 heterocycles. The number of carbonyl (C=O) groups is 2. The summed E-state index contributed by atoms with van der Waals surface area (Å²) in [7, 11) is 3.02. The summed E-state index contributed by atoms with van der Waals surface area (Å²) in [5.74, 6) is 0.312. The van der Waals surface area contributed by atoms with Crippen molar-refractivity contribution in [2.45, 2.75) is 25.6 Å². The Bertz CT molecular complexity index is 1320. The van der Waals surface area contributed by atoms with Crippen molar-refractivity contribution in [3.63, 3.8) is 0 Å². The Balaban J connectivity index is 1.58. The Kier molecular flexibility index (Phi) is 6.37. The summed E-state index contributed by atoms with van der Waals surface area (Å²) in [5.41, 5.74) is 0.806. The molecule has 3 aromatic rings. The fourth-order valence-electron chi connectivity index (χ4n) is 3.93. The fourth-order valence-corrected chi connectivity index (χ4v) is 4.15. The van der Waals surface area contributed by atoms with E-state index >= 15 is 0 Å². The molecule has 184 valence electrons. The van der Waals surface area contributed by atoms with Crippen LogP contribution in [0.2, 0.25) is 5.02 Å². The monoisotopic (exact) mass is 508 g/mol. The van der Waals surface area contributed by atoms with Gasteiger partial charge in [-0.05, 0) is 42.8 Å². The number of carbonyl (C=O) groups excluding carboxylic acids is 2. The van der Waals surface area contributed by atoms with Crippen LogP contribution in [0, 0.1) is 6.92 Å². The van der Waals surface area contributed by atoms with Gasteiger partial charge < -0.3 is 20.1 Å². The fraction of sp³-hybridized carbons (Fsp3) is 0.261. The molecule has 0 saturated carbocycles. The minimum absolute atomic E-state index is 0.0898. The molecular formula is C23H20ClF3N4O4. The molecule has 1 atom stereocenters. The molecule has 1 aromatic heterocycles. The molecule has 1 unspecified atom stereocenters. The van der Waals surface area contributed by atoms with Gasteiger partial charge in [0.1, 0.15) is 11.9 Å². The molecule has 0 saturated heterocycles. The third-order valence-corrected chi connectivity index (χ3v) is 5.86. The number of alkyl halides is 3. The number of fused-ring (bicyclic) bond motifs is 1. The number of aromatic nitrogens is 2. The predicted octanol–water partition coefficient (Wildman–Crippen LogP) is 5.07. The van der Waals surface area contributed by atoms with Gasteiger partial charge in [0.15, 0.2) is 11.5 Å². The Morgan fingerprint density at radius 1 is 1.17 bits per heavy atom. The summed E-state index contributed by atoms with van der Waals surface area (Å²) < 4.78 is 51.3. The average molecular weight is 509 g/mol. The van der Waals surface area contributed by atoms with Crippen LogP contribution < -0.4 is 20.1 Å². The molecule has 1 aliphatic rings. The number of amides is 2. The number of ether oxygens (including phenoxy) is 2. The van der Waals surface area contributed by atoms with Gasteiger partial charge >= 0.3 is 6.18 Å². The van der Waals surface area contributed by atoms with E-state index in [9.17, 15) is 22.8 Å². The van der Waals surface area contributed by atoms with Gasteiger partial charge in [0.2, 0.25) is 5.91 Å². The van der Waals surface area contributed by atoms with Gasteiger partial charge in [-0.3, -0.25) is 9.59 Å². The van der Waals surface area contributed by atoms with Crippen molar-refractivity contribution in [2.75, 3.05) is 24.9 Å². The maximum absolute atomic E-state index is 13.1. The van der Waals surface area contributed by atoms with Crippen LogP contribution in [0.15, 0.2) is 36.4 Å². The van der Waals surface area contributed by atoms with Crippen LogP contribution in [0.1, 0.15) is 23.7 Å². The number of hydrogen-bond donors (Lipinski definition) is 2. The first-order valence-electron chi connectivity index (χ1n) is 10.3. The maximum Gasteiger partial charge on any atom is 0.417 e. The molecule has 12 heteroatoms. The number of anilines is 2. The number of halogens is 4.